The van der Waals surface area contributed by atoms with Crippen LogP contribution in [0.25, 0.3) is 11.3 Å². The van der Waals surface area contributed by atoms with Gasteiger partial charge < -0.3 is 24.8 Å². The number of alkyl halides is 3. The molecule has 40 heavy (non-hydrogen) atoms. The number of aryl methyl sites for hydroxylation is 1. The van der Waals surface area contributed by atoms with Gasteiger partial charge in [0.1, 0.15) is 17.7 Å². The number of ether oxygens (including phenoxy) is 1. The van der Waals surface area contributed by atoms with Gasteiger partial charge in [0, 0.05) is 36.5 Å². The number of aromatic nitrogens is 2. The van der Waals surface area contributed by atoms with Gasteiger partial charge in [-0.25, -0.2) is 4.98 Å². The van der Waals surface area contributed by atoms with Crippen molar-refractivity contribution < 1.29 is 32.9 Å². The smallest absolute Gasteiger partial charge is 0.425 e. The number of carbonyl (C=O) groups excluding carboxylic acids is 1. The molecule has 0 saturated carbocycles. The molecule has 3 N–H and O–H groups in total. The number of nitrogens with one attached hydrogen (secondary N) is 1. The third kappa shape index (κ3) is 7.99. The number of amides is 1. The second kappa shape index (κ2) is 13.5. The van der Waals surface area contributed by atoms with Crippen LogP contribution in [-0.4, -0.2) is 50.6 Å². The summed E-state index contributed by atoms with van der Waals surface area (Å²) in [4.78, 5) is 17.5. The SMILES string of the molecule is CCn1cc(-c2ccc(C[C@@H](CCO)NC(=O)c3ccc(O[C@H](C)C(F)(F)F)c(Cl)c3)cc2)nc1[C@H](O)C(C)C. The van der Waals surface area contributed by atoms with E-state index >= 15 is 0 Å². The first-order valence-corrected chi connectivity index (χ1v) is 13.5. The minimum Gasteiger partial charge on any atom is -0.480 e. The molecule has 218 valence electrons. The van der Waals surface area contributed by atoms with Crippen LogP contribution >= 0.6 is 11.6 Å². The Morgan fingerprint density at radius 2 is 1.82 bits per heavy atom. The van der Waals surface area contributed by atoms with Crippen LogP contribution in [0.4, 0.5) is 13.2 Å². The standard InChI is InChI=1S/C29H35ClF3N3O4/c1-5-36-16-24(35-27(36)26(38)17(2)3)20-8-6-19(7-9-20)14-22(12-13-37)34-28(39)21-10-11-25(23(30)15-21)40-18(4)29(31,32)33/h6-11,15-18,22,26,37-38H,5,12-14H2,1-4H3,(H,34,39)/t18-,22-,26-/m1/s1. The lowest BCUT2D eigenvalue weighted by molar-refractivity contribution is -0.189. The summed E-state index contributed by atoms with van der Waals surface area (Å²) in [6.07, 6.45) is -4.63. The van der Waals surface area contributed by atoms with Crippen LogP contribution in [0, 0.1) is 5.92 Å². The molecule has 3 atom stereocenters. The van der Waals surface area contributed by atoms with Crippen molar-refractivity contribution in [2.75, 3.05) is 6.61 Å². The number of aliphatic hydroxyl groups is 2. The van der Waals surface area contributed by atoms with Gasteiger partial charge in [-0.15, -0.1) is 0 Å². The van der Waals surface area contributed by atoms with Crippen molar-refractivity contribution in [3.05, 3.63) is 70.6 Å². The van der Waals surface area contributed by atoms with E-state index in [9.17, 15) is 28.2 Å². The fourth-order valence-corrected chi connectivity index (χ4v) is 4.32. The monoisotopic (exact) mass is 581 g/mol. The molecule has 0 bridgehead atoms. The van der Waals surface area contributed by atoms with Crippen molar-refractivity contribution >= 4 is 17.5 Å². The first-order chi connectivity index (χ1) is 18.8. The van der Waals surface area contributed by atoms with Crippen molar-refractivity contribution in [2.45, 2.75) is 71.5 Å². The minimum absolute atomic E-state index is 0.0296. The number of benzene rings is 2. The van der Waals surface area contributed by atoms with Crippen molar-refractivity contribution in [3.8, 4) is 17.0 Å². The lowest BCUT2D eigenvalue weighted by atomic mass is 10.0. The predicted octanol–water partition coefficient (Wildman–Crippen LogP) is 5.97. The van der Waals surface area contributed by atoms with E-state index in [1.165, 1.54) is 18.2 Å². The normalized spacial score (nSPS) is 14.2. The van der Waals surface area contributed by atoms with E-state index < -0.39 is 30.3 Å². The van der Waals surface area contributed by atoms with Crippen LogP contribution in [-0.2, 0) is 13.0 Å². The van der Waals surface area contributed by atoms with E-state index in [2.05, 4.69) is 10.3 Å². The maximum absolute atomic E-state index is 12.9. The average Bonchev–Trinajstić information content (AvgIpc) is 3.33. The molecule has 0 aliphatic carbocycles. The third-order valence-electron chi connectivity index (χ3n) is 6.55. The predicted molar refractivity (Wildman–Crippen MR) is 147 cm³/mol. The van der Waals surface area contributed by atoms with Crippen LogP contribution in [0.3, 0.4) is 0 Å². The topological polar surface area (TPSA) is 96.6 Å². The number of hydrogen-bond acceptors (Lipinski definition) is 5. The molecule has 7 nitrogen and oxygen atoms in total. The van der Waals surface area contributed by atoms with Gasteiger partial charge >= 0.3 is 6.18 Å². The Kier molecular flexibility index (Phi) is 10.6. The number of aliphatic hydroxyl groups excluding tert-OH is 2. The molecule has 1 amide bonds. The van der Waals surface area contributed by atoms with E-state index in [1.54, 1.807) is 0 Å². The van der Waals surface area contributed by atoms with E-state index in [4.69, 9.17) is 16.3 Å². The van der Waals surface area contributed by atoms with Crippen molar-refractivity contribution in [1.82, 2.24) is 14.9 Å². The number of carbonyl (C=O) groups is 1. The fraction of sp³-hybridized carbons (Fsp3) is 0.448. The molecule has 1 heterocycles. The third-order valence-corrected chi connectivity index (χ3v) is 6.84. The molecule has 3 rings (SSSR count). The summed E-state index contributed by atoms with van der Waals surface area (Å²) in [5, 5.41) is 22.8. The Morgan fingerprint density at radius 1 is 1.15 bits per heavy atom. The highest BCUT2D eigenvalue weighted by Gasteiger charge is 2.38. The number of rotatable bonds is 12. The van der Waals surface area contributed by atoms with E-state index in [0.29, 0.717) is 25.2 Å². The van der Waals surface area contributed by atoms with Gasteiger partial charge in [0.05, 0.1) is 10.7 Å². The zero-order chi connectivity index (χ0) is 29.6. The van der Waals surface area contributed by atoms with Crippen LogP contribution in [0.1, 0.15) is 62.0 Å². The summed E-state index contributed by atoms with van der Waals surface area (Å²) < 4.78 is 45.2. The lowest BCUT2D eigenvalue weighted by Crippen LogP contribution is -2.37. The molecule has 0 saturated heterocycles. The summed E-state index contributed by atoms with van der Waals surface area (Å²) in [6.45, 7) is 7.27. The second-order valence-corrected chi connectivity index (χ2v) is 10.4. The molecular formula is C29H35ClF3N3O4. The van der Waals surface area contributed by atoms with Crippen molar-refractivity contribution in [3.63, 3.8) is 0 Å². The molecule has 3 aromatic rings. The molecule has 0 aliphatic rings. The number of imidazole rings is 1. The Labute approximate surface area is 237 Å². The van der Waals surface area contributed by atoms with Gasteiger partial charge in [0.25, 0.3) is 5.91 Å². The van der Waals surface area contributed by atoms with Gasteiger partial charge in [0.15, 0.2) is 6.10 Å². The quantitative estimate of drug-likeness (QED) is 0.245. The second-order valence-electron chi connectivity index (χ2n) is 9.99. The van der Waals surface area contributed by atoms with Gasteiger partial charge in [-0.1, -0.05) is 49.7 Å². The molecule has 0 radical (unpaired) electrons. The molecular weight excluding hydrogens is 547 g/mol. The number of nitrogens with zero attached hydrogens (tertiary/aromatic N) is 2. The van der Waals surface area contributed by atoms with Crippen molar-refractivity contribution in [2.24, 2.45) is 5.92 Å². The van der Waals surface area contributed by atoms with Crippen molar-refractivity contribution in [1.29, 1.82) is 0 Å². The van der Waals surface area contributed by atoms with Crippen LogP contribution in [0.15, 0.2) is 48.7 Å². The van der Waals surface area contributed by atoms with Gasteiger partial charge in [-0.2, -0.15) is 13.2 Å². The molecule has 0 spiro atoms. The lowest BCUT2D eigenvalue weighted by Gasteiger charge is -2.20. The van der Waals surface area contributed by atoms with Crippen LogP contribution in [0.5, 0.6) is 5.75 Å². The summed E-state index contributed by atoms with van der Waals surface area (Å²) in [5.74, 6) is -0.00258. The molecule has 0 unspecified atom stereocenters. The van der Waals surface area contributed by atoms with Gasteiger partial charge in [-0.05, 0) is 56.4 Å². The van der Waals surface area contributed by atoms with Gasteiger partial charge in [-0.3, -0.25) is 4.79 Å². The molecule has 0 fully saturated rings. The molecule has 0 aliphatic heterocycles. The Hall–Kier alpha value is -3.08. The zero-order valence-corrected chi connectivity index (χ0v) is 23.6. The average molecular weight is 582 g/mol. The summed E-state index contributed by atoms with van der Waals surface area (Å²) in [6, 6.07) is 11.1. The first-order valence-electron chi connectivity index (χ1n) is 13.1. The molecule has 1 aromatic heterocycles. The largest absolute Gasteiger partial charge is 0.480 e. The molecule has 2 aromatic carbocycles. The highest BCUT2D eigenvalue weighted by molar-refractivity contribution is 6.32. The van der Waals surface area contributed by atoms with Gasteiger partial charge in [0.2, 0.25) is 0 Å². The Morgan fingerprint density at radius 3 is 2.38 bits per heavy atom. The van der Waals surface area contributed by atoms with E-state index in [-0.39, 0.29) is 28.9 Å². The number of hydrogen-bond donors (Lipinski definition) is 3. The minimum atomic E-state index is -4.55. The van der Waals surface area contributed by atoms with Crippen LogP contribution in [0.2, 0.25) is 5.02 Å². The fourth-order valence-electron chi connectivity index (χ4n) is 4.10. The van der Waals surface area contributed by atoms with Crippen LogP contribution < -0.4 is 10.1 Å². The first kappa shape index (κ1) is 31.4. The zero-order valence-electron chi connectivity index (χ0n) is 22.9. The summed E-state index contributed by atoms with van der Waals surface area (Å²) >= 11 is 6.08. The van der Waals surface area contributed by atoms with E-state index in [1.807, 2.05) is 55.8 Å². The summed E-state index contributed by atoms with van der Waals surface area (Å²) in [7, 11) is 0. The van der Waals surface area contributed by atoms with E-state index in [0.717, 1.165) is 23.7 Å². The number of halogens is 4. The maximum Gasteiger partial charge on any atom is 0.425 e. The highest BCUT2D eigenvalue weighted by Crippen LogP contribution is 2.31. The Balaban J connectivity index is 1.69. The highest BCUT2D eigenvalue weighted by atomic mass is 35.5. The Bertz CT molecular complexity index is 1280. The maximum atomic E-state index is 12.9. The summed E-state index contributed by atoms with van der Waals surface area (Å²) in [5.41, 5.74) is 2.70. The molecule has 11 heteroatoms.